The summed E-state index contributed by atoms with van der Waals surface area (Å²) in [6.45, 7) is 3.33. The SMILES string of the molecule is Cc1cc(C(=O)Nc2nnc(C(F)F)s2)cc(S(=O)(=O)N(C)C)c1C. The number of aromatic nitrogens is 2. The van der Waals surface area contributed by atoms with Crippen molar-refractivity contribution < 1.29 is 22.0 Å². The van der Waals surface area contributed by atoms with E-state index in [9.17, 15) is 22.0 Å². The Balaban J connectivity index is 2.38. The van der Waals surface area contributed by atoms with Crippen LogP contribution in [0.4, 0.5) is 13.9 Å². The summed E-state index contributed by atoms with van der Waals surface area (Å²) in [4.78, 5) is 12.3. The molecular weight excluding hydrogens is 374 g/mol. The predicted molar refractivity (Wildman–Crippen MR) is 89.6 cm³/mol. The third kappa shape index (κ3) is 3.99. The van der Waals surface area contributed by atoms with Crippen molar-refractivity contribution in [2.45, 2.75) is 25.2 Å². The van der Waals surface area contributed by atoms with E-state index in [0.29, 0.717) is 22.5 Å². The molecule has 0 saturated carbocycles. The zero-order valence-electron chi connectivity index (χ0n) is 13.9. The van der Waals surface area contributed by atoms with Gasteiger partial charge in [0.25, 0.3) is 12.3 Å². The monoisotopic (exact) mass is 390 g/mol. The molecule has 0 aliphatic rings. The maximum absolute atomic E-state index is 12.5. The lowest BCUT2D eigenvalue weighted by molar-refractivity contribution is 0.102. The van der Waals surface area contributed by atoms with Crippen molar-refractivity contribution in [3.05, 3.63) is 33.8 Å². The number of nitrogens with one attached hydrogen (secondary N) is 1. The maximum atomic E-state index is 12.5. The minimum Gasteiger partial charge on any atom is -0.296 e. The fourth-order valence-corrected chi connectivity index (χ4v) is 3.78. The molecular formula is C14H16F2N4O3S2. The van der Waals surface area contributed by atoms with Crippen molar-refractivity contribution in [3.8, 4) is 0 Å². The third-order valence-electron chi connectivity index (χ3n) is 3.49. The van der Waals surface area contributed by atoms with Crippen molar-refractivity contribution >= 4 is 32.4 Å². The van der Waals surface area contributed by atoms with Crippen molar-refractivity contribution in [3.63, 3.8) is 0 Å². The molecule has 1 aromatic carbocycles. The number of rotatable bonds is 5. The fraction of sp³-hybridized carbons (Fsp3) is 0.357. The summed E-state index contributed by atoms with van der Waals surface area (Å²) in [5.74, 6) is -0.657. The summed E-state index contributed by atoms with van der Waals surface area (Å²) in [6, 6.07) is 2.77. The van der Waals surface area contributed by atoms with Gasteiger partial charge in [-0.15, -0.1) is 10.2 Å². The van der Waals surface area contributed by atoms with E-state index < -0.39 is 27.4 Å². The number of nitrogens with zero attached hydrogens (tertiary/aromatic N) is 3. The number of benzene rings is 1. The molecule has 0 atom stereocenters. The zero-order valence-corrected chi connectivity index (χ0v) is 15.5. The molecule has 1 heterocycles. The maximum Gasteiger partial charge on any atom is 0.291 e. The van der Waals surface area contributed by atoms with Crippen molar-refractivity contribution in [1.82, 2.24) is 14.5 Å². The van der Waals surface area contributed by atoms with Crippen LogP contribution in [-0.2, 0) is 10.0 Å². The summed E-state index contributed by atoms with van der Waals surface area (Å²) in [7, 11) is -0.952. The second-order valence-electron chi connectivity index (χ2n) is 5.40. The summed E-state index contributed by atoms with van der Waals surface area (Å²) in [5, 5.41) is 8.50. The van der Waals surface area contributed by atoms with E-state index in [4.69, 9.17) is 0 Å². The molecule has 7 nitrogen and oxygen atoms in total. The average molecular weight is 390 g/mol. The first kappa shape index (κ1) is 19.3. The molecule has 0 saturated heterocycles. The van der Waals surface area contributed by atoms with Gasteiger partial charge in [0, 0.05) is 19.7 Å². The quantitative estimate of drug-likeness (QED) is 0.847. The first-order valence-corrected chi connectivity index (χ1v) is 9.26. The van der Waals surface area contributed by atoms with Gasteiger partial charge in [0.1, 0.15) is 0 Å². The molecule has 2 rings (SSSR count). The van der Waals surface area contributed by atoms with Crippen molar-refractivity contribution in [1.29, 1.82) is 0 Å². The highest BCUT2D eigenvalue weighted by Crippen LogP contribution is 2.27. The summed E-state index contributed by atoms with van der Waals surface area (Å²) < 4.78 is 50.9. The van der Waals surface area contributed by atoms with Gasteiger partial charge in [-0.05, 0) is 37.1 Å². The minimum atomic E-state index is -3.74. The Kier molecular flexibility index (Phi) is 5.49. The molecule has 0 bridgehead atoms. The summed E-state index contributed by atoms with van der Waals surface area (Å²) in [5.41, 5.74) is 1.22. The second kappa shape index (κ2) is 7.10. The van der Waals surface area contributed by atoms with Gasteiger partial charge < -0.3 is 0 Å². The van der Waals surface area contributed by atoms with E-state index in [1.807, 2.05) is 0 Å². The van der Waals surface area contributed by atoms with Gasteiger partial charge in [0.2, 0.25) is 15.2 Å². The number of alkyl halides is 2. The number of hydrogen-bond acceptors (Lipinski definition) is 6. The van der Waals surface area contributed by atoms with Crippen LogP contribution in [0.1, 0.15) is 32.9 Å². The molecule has 1 amide bonds. The summed E-state index contributed by atoms with van der Waals surface area (Å²) >= 11 is 0.555. The Labute approximate surface area is 147 Å². The van der Waals surface area contributed by atoms with E-state index in [1.165, 1.54) is 26.2 Å². The summed E-state index contributed by atoms with van der Waals surface area (Å²) in [6.07, 6.45) is -2.78. The largest absolute Gasteiger partial charge is 0.296 e. The number of anilines is 1. The Morgan fingerprint density at radius 1 is 1.24 bits per heavy atom. The number of halogens is 2. The Hall–Kier alpha value is -1.98. The van der Waals surface area contributed by atoms with Crippen LogP contribution >= 0.6 is 11.3 Å². The van der Waals surface area contributed by atoms with Gasteiger partial charge in [-0.25, -0.2) is 21.5 Å². The van der Waals surface area contributed by atoms with Gasteiger partial charge in [-0.1, -0.05) is 11.3 Å². The van der Waals surface area contributed by atoms with Crippen molar-refractivity contribution in [2.75, 3.05) is 19.4 Å². The van der Waals surface area contributed by atoms with Crippen LogP contribution in [0.15, 0.2) is 17.0 Å². The molecule has 0 unspecified atom stereocenters. The highest BCUT2D eigenvalue weighted by molar-refractivity contribution is 7.89. The highest BCUT2D eigenvalue weighted by atomic mass is 32.2. The van der Waals surface area contributed by atoms with Gasteiger partial charge in [0.15, 0.2) is 5.01 Å². The molecule has 0 spiro atoms. The average Bonchev–Trinajstić information content (AvgIpc) is 2.98. The van der Waals surface area contributed by atoms with Gasteiger partial charge in [-0.3, -0.25) is 10.1 Å². The van der Waals surface area contributed by atoms with Crippen LogP contribution in [0.3, 0.4) is 0 Å². The van der Waals surface area contributed by atoms with Crippen molar-refractivity contribution in [2.24, 2.45) is 0 Å². The molecule has 1 aromatic heterocycles. The topological polar surface area (TPSA) is 92.3 Å². The lowest BCUT2D eigenvalue weighted by atomic mass is 10.1. The van der Waals surface area contributed by atoms with Gasteiger partial charge in [-0.2, -0.15) is 0 Å². The van der Waals surface area contributed by atoms with E-state index in [2.05, 4.69) is 15.5 Å². The molecule has 0 fully saturated rings. The van der Waals surface area contributed by atoms with Crippen LogP contribution in [0.5, 0.6) is 0 Å². The van der Waals surface area contributed by atoms with E-state index in [0.717, 1.165) is 4.31 Å². The van der Waals surface area contributed by atoms with E-state index >= 15 is 0 Å². The van der Waals surface area contributed by atoms with Crippen LogP contribution in [-0.4, -0.2) is 42.9 Å². The Bertz CT molecular complexity index is 911. The molecule has 11 heteroatoms. The van der Waals surface area contributed by atoms with Gasteiger partial charge >= 0.3 is 0 Å². The number of sulfonamides is 1. The lowest BCUT2D eigenvalue weighted by Crippen LogP contribution is -2.24. The molecule has 0 radical (unpaired) electrons. The molecule has 1 N–H and O–H groups in total. The standard InChI is InChI=1S/C14H16F2N4O3S2/c1-7-5-9(6-10(8(7)2)25(22,23)20(3)4)12(21)17-14-19-18-13(24-14)11(15)16/h5-6,11H,1-4H3,(H,17,19,21). The highest BCUT2D eigenvalue weighted by Gasteiger charge is 2.23. The third-order valence-corrected chi connectivity index (χ3v) is 6.28. The smallest absolute Gasteiger partial charge is 0.291 e. The molecule has 2 aromatic rings. The van der Waals surface area contributed by atoms with Crippen LogP contribution < -0.4 is 5.32 Å². The van der Waals surface area contributed by atoms with E-state index in [1.54, 1.807) is 13.8 Å². The number of carbonyl (C=O) groups is 1. The minimum absolute atomic E-state index is 0.00758. The van der Waals surface area contributed by atoms with Crippen LogP contribution in [0.2, 0.25) is 0 Å². The Morgan fingerprint density at radius 3 is 2.40 bits per heavy atom. The number of carbonyl (C=O) groups excluding carboxylic acids is 1. The lowest BCUT2D eigenvalue weighted by Gasteiger charge is -2.16. The molecule has 25 heavy (non-hydrogen) atoms. The van der Waals surface area contributed by atoms with E-state index in [-0.39, 0.29) is 15.6 Å². The van der Waals surface area contributed by atoms with Crippen LogP contribution in [0, 0.1) is 13.8 Å². The number of amides is 1. The normalized spacial score (nSPS) is 12.0. The second-order valence-corrected chi connectivity index (χ2v) is 8.53. The predicted octanol–water partition coefficient (Wildman–Crippen LogP) is 2.60. The number of hydrogen-bond donors (Lipinski definition) is 1. The molecule has 0 aliphatic carbocycles. The first-order chi connectivity index (χ1) is 11.5. The van der Waals surface area contributed by atoms with Gasteiger partial charge in [0.05, 0.1) is 4.90 Å². The fourth-order valence-electron chi connectivity index (χ4n) is 1.97. The molecule has 136 valence electrons. The Morgan fingerprint density at radius 2 is 1.88 bits per heavy atom. The zero-order chi connectivity index (χ0) is 18.9. The molecule has 0 aliphatic heterocycles. The number of aryl methyl sites for hydroxylation is 1. The van der Waals surface area contributed by atoms with Crippen LogP contribution in [0.25, 0.3) is 0 Å². The first-order valence-electron chi connectivity index (χ1n) is 7.00.